The highest BCUT2D eigenvalue weighted by Gasteiger charge is 2.19. The second-order valence-electron chi connectivity index (χ2n) is 3.42. The molecule has 0 bridgehead atoms. The molecular formula is C10H15FN2O2S. The van der Waals surface area contributed by atoms with Gasteiger partial charge in [-0.1, -0.05) is 0 Å². The Morgan fingerprint density at radius 2 is 1.88 bits per heavy atom. The fourth-order valence-corrected chi connectivity index (χ4v) is 2.43. The van der Waals surface area contributed by atoms with Crippen molar-refractivity contribution < 1.29 is 12.8 Å². The Morgan fingerprint density at radius 1 is 1.31 bits per heavy atom. The molecule has 0 heterocycles. The zero-order chi connectivity index (χ0) is 12.2. The van der Waals surface area contributed by atoms with E-state index < -0.39 is 15.8 Å². The van der Waals surface area contributed by atoms with Crippen LogP contribution in [0.5, 0.6) is 0 Å². The highest BCUT2D eigenvalue weighted by molar-refractivity contribution is 7.89. The minimum Gasteiger partial charge on any atom is -0.330 e. The quantitative estimate of drug-likeness (QED) is 0.835. The maximum absolute atomic E-state index is 12.7. The first-order chi connectivity index (χ1) is 7.48. The van der Waals surface area contributed by atoms with Gasteiger partial charge in [0.05, 0.1) is 4.90 Å². The number of hydrogen-bond acceptors (Lipinski definition) is 3. The average molecular weight is 246 g/mol. The molecule has 1 rings (SSSR count). The van der Waals surface area contributed by atoms with Crippen LogP contribution < -0.4 is 5.73 Å². The fourth-order valence-electron chi connectivity index (χ4n) is 1.22. The van der Waals surface area contributed by atoms with Gasteiger partial charge in [-0.15, -0.1) is 0 Å². The highest BCUT2D eigenvalue weighted by Crippen LogP contribution is 2.14. The molecule has 0 radical (unpaired) electrons. The van der Waals surface area contributed by atoms with Gasteiger partial charge < -0.3 is 5.73 Å². The van der Waals surface area contributed by atoms with Crippen molar-refractivity contribution in [3.63, 3.8) is 0 Å². The minimum absolute atomic E-state index is 0.0911. The van der Waals surface area contributed by atoms with Crippen molar-refractivity contribution in [3.8, 4) is 0 Å². The third-order valence-corrected chi connectivity index (χ3v) is 4.07. The zero-order valence-corrected chi connectivity index (χ0v) is 9.87. The Morgan fingerprint density at radius 3 is 2.38 bits per heavy atom. The first-order valence-corrected chi connectivity index (χ1v) is 6.34. The van der Waals surface area contributed by atoms with Crippen LogP contribution >= 0.6 is 0 Å². The summed E-state index contributed by atoms with van der Waals surface area (Å²) in [6, 6.07) is 4.76. The molecule has 0 saturated carbocycles. The lowest BCUT2D eigenvalue weighted by Gasteiger charge is -2.16. The number of hydrogen-bond donors (Lipinski definition) is 1. The molecule has 1 aromatic carbocycles. The predicted octanol–water partition coefficient (Wildman–Crippen LogP) is 0.795. The summed E-state index contributed by atoms with van der Waals surface area (Å²) in [5.41, 5.74) is 5.31. The lowest BCUT2D eigenvalue weighted by Crippen LogP contribution is -2.29. The Kier molecular flexibility index (Phi) is 4.40. The van der Waals surface area contributed by atoms with Gasteiger partial charge in [-0.2, -0.15) is 0 Å². The largest absolute Gasteiger partial charge is 0.330 e. The summed E-state index contributed by atoms with van der Waals surface area (Å²) in [7, 11) is -2.04. The van der Waals surface area contributed by atoms with Gasteiger partial charge in [0.2, 0.25) is 10.0 Å². The van der Waals surface area contributed by atoms with Crippen molar-refractivity contribution in [1.82, 2.24) is 4.31 Å². The molecule has 0 aliphatic carbocycles. The summed E-state index contributed by atoms with van der Waals surface area (Å²) in [4.78, 5) is 0.0911. The second-order valence-corrected chi connectivity index (χ2v) is 5.47. The Bertz CT molecular complexity index is 431. The molecule has 0 fully saturated rings. The van der Waals surface area contributed by atoms with Crippen molar-refractivity contribution in [1.29, 1.82) is 0 Å². The summed E-state index contributed by atoms with van der Waals surface area (Å²) >= 11 is 0. The number of nitrogens with zero attached hydrogens (tertiary/aromatic N) is 1. The summed E-state index contributed by atoms with van der Waals surface area (Å²) in [5.74, 6) is -0.455. The van der Waals surface area contributed by atoms with Gasteiger partial charge in [0.1, 0.15) is 5.82 Å². The number of rotatable bonds is 5. The molecule has 0 spiro atoms. The van der Waals surface area contributed by atoms with Crippen LogP contribution in [-0.4, -0.2) is 32.9 Å². The van der Waals surface area contributed by atoms with Crippen molar-refractivity contribution in [3.05, 3.63) is 30.1 Å². The third-order valence-electron chi connectivity index (χ3n) is 2.20. The second kappa shape index (κ2) is 5.38. The van der Waals surface area contributed by atoms with E-state index in [0.29, 0.717) is 19.5 Å². The van der Waals surface area contributed by atoms with E-state index >= 15 is 0 Å². The molecule has 4 nitrogen and oxygen atoms in total. The lowest BCUT2D eigenvalue weighted by atomic mass is 10.4. The maximum Gasteiger partial charge on any atom is 0.242 e. The maximum atomic E-state index is 12.7. The van der Waals surface area contributed by atoms with Crippen LogP contribution in [-0.2, 0) is 10.0 Å². The molecule has 1 aromatic rings. The van der Waals surface area contributed by atoms with E-state index in [9.17, 15) is 12.8 Å². The van der Waals surface area contributed by atoms with Gasteiger partial charge in [0.25, 0.3) is 0 Å². The normalized spacial score (nSPS) is 12.0. The molecule has 0 aromatic heterocycles. The Labute approximate surface area is 94.9 Å². The molecule has 0 unspecified atom stereocenters. The van der Waals surface area contributed by atoms with Gasteiger partial charge >= 0.3 is 0 Å². The molecule has 0 amide bonds. The molecule has 0 aliphatic heterocycles. The average Bonchev–Trinajstić information content (AvgIpc) is 2.26. The minimum atomic E-state index is -3.52. The van der Waals surface area contributed by atoms with E-state index in [0.717, 1.165) is 12.1 Å². The monoisotopic (exact) mass is 246 g/mol. The molecule has 2 N–H and O–H groups in total. The first kappa shape index (κ1) is 13.1. The molecule has 0 aliphatic rings. The molecule has 6 heteroatoms. The summed E-state index contributed by atoms with van der Waals surface area (Å²) in [5, 5.41) is 0. The van der Waals surface area contributed by atoms with E-state index in [-0.39, 0.29) is 4.90 Å². The van der Waals surface area contributed by atoms with Crippen LogP contribution in [0.2, 0.25) is 0 Å². The molecule has 90 valence electrons. The zero-order valence-electron chi connectivity index (χ0n) is 9.06. The van der Waals surface area contributed by atoms with Crippen molar-refractivity contribution in [2.24, 2.45) is 5.73 Å². The smallest absolute Gasteiger partial charge is 0.242 e. The predicted molar refractivity (Wildman–Crippen MR) is 59.9 cm³/mol. The van der Waals surface area contributed by atoms with Crippen LogP contribution in [0.4, 0.5) is 4.39 Å². The van der Waals surface area contributed by atoms with Gasteiger partial charge in [-0.25, -0.2) is 17.1 Å². The molecule has 16 heavy (non-hydrogen) atoms. The number of benzene rings is 1. The fraction of sp³-hybridized carbons (Fsp3) is 0.400. The van der Waals surface area contributed by atoms with Crippen LogP contribution in [0.1, 0.15) is 6.42 Å². The van der Waals surface area contributed by atoms with Crippen molar-refractivity contribution in [2.75, 3.05) is 20.1 Å². The summed E-state index contributed by atoms with van der Waals surface area (Å²) in [6.45, 7) is 0.791. The van der Waals surface area contributed by atoms with E-state index in [1.807, 2.05) is 0 Å². The van der Waals surface area contributed by atoms with E-state index in [1.54, 1.807) is 0 Å². The standard InChI is InChI=1S/C10H15FN2O2S/c1-13(8-2-7-12)16(14,15)10-5-3-9(11)4-6-10/h3-6H,2,7-8,12H2,1H3. The van der Waals surface area contributed by atoms with E-state index in [2.05, 4.69) is 0 Å². The summed E-state index contributed by atoms with van der Waals surface area (Å²) in [6.07, 6.45) is 0.594. The van der Waals surface area contributed by atoms with Crippen LogP contribution in [0.25, 0.3) is 0 Å². The molecular weight excluding hydrogens is 231 g/mol. The Hall–Kier alpha value is -0.980. The number of sulfonamides is 1. The van der Waals surface area contributed by atoms with E-state index in [4.69, 9.17) is 5.73 Å². The Balaban J connectivity index is 2.89. The topological polar surface area (TPSA) is 63.4 Å². The van der Waals surface area contributed by atoms with Crippen molar-refractivity contribution in [2.45, 2.75) is 11.3 Å². The van der Waals surface area contributed by atoms with Crippen LogP contribution in [0.3, 0.4) is 0 Å². The lowest BCUT2D eigenvalue weighted by molar-refractivity contribution is 0.463. The molecule has 0 atom stereocenters. The SMILES string of the molecule is CN(CCCN)S(=O)(=O)c1ccc(F)cc1. The number of nitrogens with two attached hydrogens (primary N) is 1. The van der Waals surface area contributed by atoms with Crippen LogP contribution in [0.15, 0.2) is 29.2 Å². The third kappa shape index (κ3) is 3.01. The van der Waals surface area contributed by atoms with Gasteiger partial charge in [0.15, 0.2) is 0 Å². The van der Waals surface area contributed by atoms with Gasteiger partial charge in [-0.05, 0) is 37.2 Å². The highest BCUT2D eigenvalue weighted by atomic mass is 32.2. The number of halogens is 1. The summed E-state index contributed by atoms with van der Waals surface area (Å²) < 4.78 is 37.7. The van der Waals surface area contributed by atoms with Gasteiger partial charge in [0, 0.05) is 13.6 Å². The van der Waals surface area contributed by atoms with Crippen molar-refractivity contribution >= 4 is 10.0 Å². The van der Waals surface area contributed by atoms with Gasteiger partial charge in [-0.3, -0.25) is 0 Å². The molecule has 0 saturated heterocycles. The van der Waals surface area contributed by atoms with E-state index in [1.165, 1.54) is 23.5 Å². The van der Waals surface area contributed by atoms with Crippen LogP contribution in [0, 0.1) is 5.82 Å². The first-order valence-electron chi connectivity index (χ1n) is 4.90.